The summed E-state index contributed by atoms with van der Waals surface area (Å²) >= 11 is 0. The fourth-order valence-electron chi connectivity index (χ4n) is 3.47. The van der Waals surface area contributed by atoms with Gasteiger partial charge in [-0.1, -0.05) is 18.2 Å². The predicted octanol–water partition coefficient (Wildman–Crippen LogP) is 1.30. The number of ether oxygens (including phenoxy) is 3. The minimum atomic E-state index is -1.26. The summed E-state index contributed by atoms with van der Waals surface area (Å²) in [6.45, 7) is 6.14. The van der Waals surface area contributed by atoms with Crippen molar-refractivity contribution in [2.75, 3.05) is 44.5 Å². The normalized spacial score (nSPS) is 31.6. The van der Waals surface area contributed by atoms with E-state index in [1.54, 1.807) is 4.90 Å². The zero-order valence-corrected chi connectivity index (χ0v) is 13.4. The van der Waals surface area contributed by atoms with Crippen molar-refractivity contribution in [1.29, 1.82) is 0 Å². The first-order valence-corrected chi connectivity index (χ1v) is 8.24. The van der Waals surface area contributed by atoms with Gasteiger partial charge in [0.15, 0.2) is 0 Å². The van der Waals surface area contributed by atoms with Gasteiger partial charge in [-0.2, -0.15) is 0 Å². The van der Waals surface area contributed by atoms with Crippen LogP contribution in [0.2, 0.25) is 0 Å². The van der Waals surface area contributed by atoms with Crippen molar-refractivity contribution in [3.05, 3.63) is 29.8 Å². The Labute approximate surface area is 135 Å². The Morgan fingerprint density at radius 2 is 2.00 bits per heavy atom. The van der Waals surface area contributed by atoms with Crippen LogP contribution in [0.15, 0.2) is 24.3 Å². The smallest absolute Gasteiger partial charge is 0.293 e. The number of para-hydroxylation sites is 1. The van der Waals surface area contributed by atoms with Crippen LogP contribution in [0.25, 0.3) is 0 Å². The first-order chi connectivity index (χ1) is 11.2. The van der Waals surface area contributed by atoms with Gasteiger partial charge >= 0.3 is 0 Å². The Morgan fingerprint density at radius 1 is 1.22 bits per heavy atom. The van der Waals surface area contributed by atoms with Crippen LogP contribution < -0.4 is 4.90 Å². The summed E-state index contributed by atoms with van der Waals surface area (Å²) in [5.41, 5.74) is 1.71. The van der Waals surface area contributed by atoms with Crippen molar-refractivity contribution in [1.82, 2.24) is 4.90 Å². The molecule has 23 heavy (non-hydrogen) atoms. The van der Waals surface area contributed by atoms with Gasteiger partial charge in [-0.15, -0.1) is 0 Å². The van der Waals surface area contributed by atoms with Crippen LogP contribution in [0.1, 0.15) is 18.9 Å². The third kappa shape index (κ3) is 2.46. The van der Waals surface area contributed by atoms with E-state index in [1.165, 1.54) is 0 Å². The Hall–Kier alpha value is -1.47. The number of hydrogen-bond acceptors (Lipinski definition) is 5. The Kier molecular flexibility index (Phi) is 3.85. The quantitative estimate of drug-likeness (QED) is 0.823. The largest absolute Gasteiger partial charge is 0.379 e. The molecular weight excluding hydrogens is 296 g/mol. The molecule has 6 heteroatoms. The Bertz CT molecular complexity index is 602. The number of carbonyl (C=O) groups excluding carboxylic acids is 1. The number of rotatable bonds is 2. The molecule has 0 saturated carbocycles. The van der Waals surface area contributed by atoms with Crippen molar-refractivity contribution >= 4 is 11.6 Å². The maximum atomic E-state index is 13.2. The monoisotopic (exact) mass is 318 g/mol. The van der Waals surface area contributed by atoms with Gasteiger partial charge < -0.3 is 14.2 Å². The first-order valence-electron chi connectivity index (χ1n) is 8.24. The van der Waals surface area contributed by atoms with E-state index < -0.39 is 5.79 Å². The van der Waals surface area contributed by atoms with Crippen molar-refractivity contribution in [2.45, 2.75) is 25.2 Å². The maximum absolute atomic E-state index is 13.2. The molecule has 0 radical (unpaired) electrons. The molecule has 2 fully saturated rings. The number of nitrogens with zero attached hydrogens (tertiary/aromatic N) is 2. The molecular formula is C17H22N2O4. The summed E-state index contributed by atoms with van der Waals surface area (Å²) < 4.78 is 17.3. The second-order valence-corrected chi connectivity index (χ2v) is 6.30. The number of carbonyl (C=O) groups is 1. The third-order valence-corrected chi connectivity index (χ3v) is 4.72. The van der Waals surface area contributed by atoms with Crippen LogP contribution in [0.3, 0.4) is 0 Å². The molecule has 0 N–H and O–H groups in total. The summed E-state index contributed by atoms with van der Waals surface area (Å²) in [5, 5.41) is 0. The van der Waals surface area contributed by atoms with Crippen LogP contribution >= 0.6 is 0 Å². The van der Waals surface area contributed by atoms with Gasteiger partial charge in [0, 0.05) is 18.7 Å². The van der Waals surface area contributed by atoms with E-state index in [0.29, 0.717) is 26.5 Å². The summed E-state index contributed by atoms with van der Waals surface area (Å²) in [6, 6.07) is 7.78. The molecule has 1 aromatic carbocycles. The number of fused-ring (bicyclic) bond motifs is 2. The summed E-state index contributed by atoms with van der Waals surface area (Å²) in [6.07, 6.45) is 0.810. The molecule has 1 amide bonds. The molecule has 3 heterocycles. The van der Waals surface area contributed by atoms with Crippen LogP contribution in [0.4, 0.5) is 5.69 Å². The second kappa shape index (κ2) is 5.87. The van der Waals surface area contributed by atoms with Crippen molar-refractivity contribution in [3.63, 3.8) is 0 Å². The molecule has 2 saturated heterocycles. The van der Waals surface area contributed by atoms with Crippen molar-refractivity contribution in [2.24, 2.45) is 0 Å². The van der Waals surface area contributed by atoms with Gasteiger partial charge in [0.05, 0.1) is 38.3 Å². The second-order valence-electron chi connectivity index (χ2n) is 6.30. The lowest BCUT2D eigenvalue weighted by atomic mass is 10.1. The molecule has 6 nitrogen and oxygen atoms in total. The molecule has 124 valence electrons. The average Bonchev–Trinajstić information content (AvgIpc) is 2.79. The van der Waals surface area contributed by atoms with Gasteiger partial charge in [-0.3, -0.25) is 14.6 Å². The lowest BCUT2D eigenvalue weighted by Gasteiger charge is -2.37. The van der Waals surface area contributed by atoms with Gasteiger partial charge in [0.1, 0.15) is 0 Å². The van der Waals surface area contributed by atoms with Gasteiger partial charge in [-0.25, -0.2) is 0 Å². The Balaban J connectivity index is 1.67. The highest BCUT2D eigenvalue weighted by atomic mass is 16.7. The van der Waals surface area contributed by atoms with Crippen LogP contribution in [-0.2, 0) is 24.8 Å². The van der Waals surface area contributed by atoms with Gasteiger partial charge in [-0.05, 0) is 19.4 Å². The van der Waals surface area contributed by atoms with E-state index in [0.717, 1.165) is 30.8 Å². The fourth-order valence-corrected chi connectivity index (χ4v) is 3.47. The third-order valence-electron chi connectivity index (χ3n) is 4.72. The minimum absolute atomic E-state index is 0.00379. The number of morpholine rings is 1. The summed E-state index contributed by atoms with van der Waals surface area (Å²) in [7, 11) is 0. The van der Waals surface area contributed by atoms with Gasteiger partial charge in [0.25, 0.3) is 11.7 Å². The zero-order chi connectivity index (χ0) is 15.9. The number of hydrogen-bond donors (Lipinski definition) is 0. The average molecular weight is 318 g/mol. The predicted molar refractivity (Wildman–Crippen MR) is 84.0 cm³/mol. The van der Waals surface area contributed by atoms with Crippen LogP contribution in [-0.4, -0.2) is 56.5 Å². The van der Waals surface area contributed by atoms with Gasteiger partial charge in [0.2, 0.25) is 0 Å². The summed E-state index contributed by atoms with van der Waals surface area (Å²) in [5.74, 6) is -1.38. The van der Waals surface area contributed by atoms with E-state index in [-0.39, 0.29) is 12.0 Å². The van der Waals surface area contributed by atoms with Crippen molar-refractivity contribution in [3.8, 4) is 0 Å². The highest BCUT2D eigenvalue weighted by Gasteiger charge is 2.56. The first kappa shape index (κ1) is 15.1. The number of anilines is 1. The van der Waals surface area contributed by atoms with E-state index in [1.807, 2.05) is 31.2 Å². The van der Waals surface area contributed by atoms with Crippen LogP contribution in [0, 0.1) is 0 Å². The molecule has 0 bridgehead atoms. The SMILES string of the molecule is C[C@H]1CCO[C@]2(O1)C(=O)N(CN1CCOCC1)c1ccccc12. The van der Waals surface area contributed by atoms with E-state index >= 15 is 0 Å². The molecule has 4 rings (SSSR count). The molecule has 3 aliphatic rings. The van der Waals surface area contributed by atoms with Crippen LogP contribution in [0.5, 0.6) is 0 Å². The molecule has 1 aromatic rings. The number of amides is 1. The molecule has 1 spiro atoms. The fraction of sp³-hybridized carbons (Fsp3) is 0.588. The highest BCUT2D eigenvalue weighted by molar-refractivity contribution is 6.06. The molecule has 0 aliphatic carbocycles. The van der Waals surface area contributed by atoms with E-state index in [9.17, 15) is 4.79 Å². The summed E-state index contributed by atoms with van der Waals surface area (Å²) in [4.78, 5) is 17.2. The molecule has 0 aromatic heterocycles. The highest BCUT2D eigenvalue weighted by Crippen LogP contribution is 2.46. The Morgan fingerprint density at radius 3 is 2.78 bits per heavy atom. The molecule has 3 aliphatic heterocycles. The standard InChI is InChI=1S/C17H22N2O4/c1-13-6-9-22-17(23-13)14-4-2-3-5-15(14)19(16(17)20)12-18-7-10-21-11-8-18/h2-5,13H,6-12H2,1H3/t13-,17+/m0/s1. The topological polar surface area (TPSA) is 51.2 Å². The number of benzene rings is 1. The lowest BCUT2D eigenvalue weighted by Crippen LogP contribution is -2.52. The zero-order valence-electron chi connectivity index (χ0n) is 13.4. The molecule has 0 unspecified atom stereocenters. The van der Waals surface area contributed by atoms with E-state index in [4.69, 9.17) is 14.2 Å². The van der Waals surface area contributed by atoms with E-state index in [2.05, 4.69) is 4.90 Å². The molecule has 2 atom stereocenters. The lowest BCUT2D eigenvalue weighted by molar-refractivity contribution is -0.277. The minimum Gasteiger partial charge on any atom is -0.379 e. The maximum Gasteiger partial charge on any atom is 0.293 e. The van der Waals surface area contributed by atoms with Crippen molar-refractivity contribution < 1.29 is 19.0 Å².